The number of non-ortho nitro benzene ring substituents is 1. The fourth-order valence-electron chi connectivity index (χ4n) is 5.04. The molecule has 0 N–H and O–H groups in total. The summed E-state index contributed by atoms with van der Waals surface area (Å²) in [6.07, 6.45) is 6.15. The molecule has 0 radical (unpaired) electrons. The molecule has 0 aliphatic carbocycles. The van der Waals surface area contributed by atoms with Gasteiger partial charge in [-0.2, -0.15) is 0 Å². The molecule has 192 valence electrons. The Hall–Kier alpha value is -4.11. The number of methoxy groups -OCH3 is 1. The minimum Gasteiger partial charge on any atom is -0.468 e. The smallest absolute Gasteiger partial charge is 0.316 e. The highest BCUT2D eigenvalue weighted by Gasteiger charge is 2.43. The molecule has 1 aliphatic heterocycles. The third-order valence-corrected chi connectivity index (χ3v) is 7.11. The van der Waals surface area contributed by atoms with Crippen molar-refractivity contribution in [1.82, 2.24) is 9.88 Å². The number of nitro groups is 1. The van der Waals surface area contributed by atoms with Crippen molar-refractivity contribution >= 4 is 23.8 Å². The van der Waals surface area contributed by atoms with Crippen LogP contribution in [0.15, 0.2) is 73.1 Å². The van der Waals surface area contributed by atoms with Crippen LogP contribution in [0.4, 0.5) is 11.4 Å². The number of nitro benzene ring substituents is 1. The third-order valence-electron chi connectivity index (χ3n) is 7.11. The first-order valence-electron chi connectivity index (χ1n) is 12.3. The topological polar surface area (TPSA) is 106 Å². The van der Waals surface area contributed by atoms with Crippen LogP contribution in [0.1, 0.15) is 24.8 Å². The van der Waals surface area contributed by atoms with Crippen LogP contribution in [0.2, 0.25) is 0 Å². The van der Waals surface area contributed by atoms with Gasteiger partial charge >= 0.3 is 5.97 Å². The Bertz CT molecular complexity index is 1220. The molecular formula is C28H30N4O5. The maximum atomic E-state index is 12.8. The lowest BCUT2D eigenvalue weighted by atomic mass is 9.72. The number of pyridine rings is 1. The number of carbonyl (C=O) groups is 2. The summed E-state index contributed by atoms with van der Waals surface area (Å²) in [5, 5.41) is 11.0. The van der Waals surface area contributed by atoms with Crippen molar-refractivity contribution in [1.29, 1.82) is 0 Å². The zero-order valence-corrected chi connectivity index (χ0v) is 20.8. The van der Waals surface area contributed by atoms with Crippen LogP contribution in [0.5, 0.6) is 0 Å². The Balaban J connectivity index is 1.39. The molecule has 1 aromatic heterocycles. The predicted molar refractivity (Wildman–Crippen MR) is 140 cm³/mol. The molecule has 37 heavy (non-hydrogen) atoms. The largest absolute Gasteiger partial charge is 0.468 e. The van der Waals surface area contributed by atoms with Gasteiger partial charge in [-0.05, 0) is 68.2 Å². The lowest BCUT2D eigenvalue weighted by Crippen LogP contribution is -2.48. The number of piperidine rings is 1. The lowest BCUT2D eigenvalue weighted by molar-refractivity contribution is -0.384. The molecule has 0 spiro atoms. The minimum absolute atomic E-state index is 0.0108. The molecule has 3 aromatic rings. The zero-order chi connectivity index (χ0) is 26.3. The Morgan fingerprint density at radius 3 is 2.46 bits per heavy atom. The Labute approximate surface area is 215 Å². The molecule has 0 bridgehead atoms. The van der Waals surface area contributed by atoms with Gasteiger partial charge in [0.1, 0.15) is 0 Å². The lowest BCUT2D eigenvalue weighted by Gasteiger charge is -2.40. The van der Waals surface area contributed by atoms with E-state index in [1.165, 1.54) is 19.2 Å². The maximum absolute atomic E-state index is 12.8. The molecule has 0 atom stereocenters. The molecule has 1 aliphatic rings. The van der Waals surface area contributed by atoms with Crippen molar-refractivity contribution in [3.63, 3.8) is 0 Å². The average Bonchev–Trinajstić information content (AvgIpc) is 2.96. The summed E-state index contributed by atoms with van der Waals surface area (Å²) in [6.45, 7) is 2.79. The first kappa shape index (κ1) is 26.0. The van der Waals surface area contributed by atoms with Crippen LogP contribution in [0, 0.1) is 10.1 Å². The standard InChI is InChI=1S/C28H30N4O5/c1-37-27(34)28(23-6-3-2-4-7-23)13-18-30(19-14-28)16-5-17-31(21-33)26-20-29-15-12-25(26)22-8-10-24(11-9-22)32(35)36/h2-4,6-12,15,20-21H,5,13-14,16-19H2,1H3. The fourth-order valence-corrected chi connectivity index (χ4v) is 5.04. The fraction of sp³-hybridized carbons (Fsp3) is 0.321. The van der Waals surface area contributed by atoms with E-state index in [1.54, 1.807) is 35.5 Å². The van der Waals surface area contributed by atoms with Crippen LogP contribution >= 0.6 is 0 Å². The van der Waals surface area contributed by atoms with Crippen molar-refractivity contribution < 1.29 is 19.2 Å². The van der Waals surface area contributed by atoms with Crippen molar-refractivity contribution in [2.45, 2.75) is 24.7 Å². The second-order valence-corrected chi connectivity index (χ2v) is 9.13. The van der Waals surface area contributed by atoms with Gasteiger partial charge in [-0.3, -0.25) is 24.7 Å². The number of rotatable bonds is 10. The van der Waals surface area contributed by atoms with Gasteiger partial charge in [0.25, 0.3) is 5.69 Å². The van der Waals surface area contributed by atoms with Gasteiger partial charge < -0.3 is 14.5 Å². The van der Waals surface area contributed by atoms with E-state index >= 15 is 0 Å². The SMILES string of the molecule is COC(=O)C1(c2ccccc2)CCN(CCCN(C=O)c2cnccc2-c2ccc([N+](=O)[O-])cc2)CC1. The molecule has 9 nitrogen and oxygen atoms in total. The van der Waals surface area contributed by atoms with E-state index in [1.807, 2.05) is 30.3 Å². The van der Waals surface area contributed by atoms with E-state index in [9.17, 15) is 19.7 Å². The van der Waals surface area contributed by atoms with Crippen molar-refractivity contribution in [3.05, 3.63) is 88.7 Å². The molecule has 0 saturated carbocycles. The number of aromatic nitrogens is 1. The monoisotopic (exact) mass is 502 g/mol. The normalized spacial score (nSPS) is 15.1. The second kappa shape index (κ2) is 11.7. The van der Waals surface area contributed by atoms with E-state index in [4.69, 9.17) is 4.74 Å². The Morgan fingerprint density at radius 2 is 1.84 bits per heavy atom. The Kier molecular flexibility index (Phi) is 8.25. The molecule has 2 aromatic carbocycles. The van der Waals surface area contributed by atoms with Crippen LogP contribution in [-0.4, -0.2) is 60.5 Å². The summed E-state index contributed by atoms with van der Waals surface area (Å²) in [7, 11) is 1.44. The number of likely N-dealkylation sites (tertiary alicyclic amines) is 1. The minimum atomic E-state index is -0.628. The number of anilines is 1. The van der Waals surface area contributed by atoms with Crippen molar-refractivity contribution in [2.24, 2.45) is 0 Å². The zero-order valence-electron chi connectivity index (χ0n) is 20.8. The van der Waals surface area contributed by atoms with Gasteiger partial charge in [0, 0.05) is 30.4 Å². The summed E-state index contributed by atoms with van der Waals surface area (Å²) in [4.78, 5) is 43.5. The quantitative estimate of drug-likeness (QED) is 0.177. The maximum Gasteiger partial charge on any atom is 0.316 e. The molecule has 4 rings (SSSR count). The first-order valence-corrected chi connectivity index (χ1v) is 12.3. The van der Waals surface area contributed by atoms with Crippen LogP contribution < -0.4 is 4.90 Å². The number of carbonyl (C=O) groups excluding carboxylic acids is 2. The summed E-state index contributed by atoms with van der Waals surface area (Å²) >= 11 is 0. The highest BCUT2D eigenvalue weighted by molar-refractivity contribution is 5.86. The number of hydrogen-bond acceptors (Lipinski definition) is 7. The highest BCUT2D eigenvalue weighted by atomic mass is 16.6. The van der Waals surface area contributed by atoms with Gasteiger partial charge in [-0.1, -0.05) is 30.3 Å². The number of benzene rings is 2. The van der Waals surface area contributed by atoms with E-state index in [0.29, 0.717) is 25.1 Å². The molecule has 1 saturated heterocycles. The van der Waals surface area contributed by atoms with Crippen LogP contribution in [-0.2, 0) is 19.7 Å². The van der Waals surface area contributed by atoms with Gasteiger partial charge in [0.05, 0.1) is 29.3 Å². The van der Waals surface area contributed by atoms with E-state index in [2.05, 4.69) is 9.88 Å². The first-order chi connectivity index (χ1) is 18.0. The molecule has 0 unspecified atom stereocenters. The number of ether oxygens (including phenoxy) is 1. The molecular weight excluding hydrogens is 472 g/mol. The van der Waals surface area contributed by atoms with E-state index in [0.717, 1.165) is 49.2 Å². The number of amides is 1. The van der Waals surface area contributed by atoms with Crippen LogP contribution in [0.3, 0.4) is 0 Å². The summed E-state index contributed by atoms with van der Waals surface area (Å²) in [5.74, 6) is -0.194. The van der Waals surface area contributed by atoms with Crippen LogP contribution in [0.25, 0.3) is 11.1 Å². The van der Waals surface area contributed by atoms with Crippen molar-refractivity contribution in [3.8, 4) is 11.1 Å². The summed E-state index contributed by atoms with van der Waals surface area (Å²) in [5.41, 5.74) is 2.57. The van der Waals surface area contributed by atoms with Crippen molar-refractivity contribution in [2.75, 3.05) is 38.2 Å². The summed E-state index contributed by atoms with van der Waals surface area (Å²) < 4.78 is 5.18. The van der Waals surface area contributed by atoms with E-state index in [-0.39, 0.29) is 11.7 Å². The average molecular weight is 503 g/mol. The number of esters is 1. The van der Waals surface area contributed by atoms with Gasteiger partial charge in [0.2, 0.25) is 6.41 Å². The predicted octanol–water partition coefficient (Wildman–Crippen LogP) is 4.22. The van der Waals surface area contributed by atoms with Gasteiger partial charge in [-0.25, -0.2) is 0 Å². The molecule has 1 fully saturated rings. The van der Waals surface area contributed by atoms with Gasteiger partial charge in [0.15, 0.2) is 0 Å². The molecule has 1 amide bonds. The molecule has 9 heteroatoms. The van der Waals surface area contributed by atoms with E-state index < -0.39 is 10.3 Å². The number of nitrogens with zero attached hydrogens (tertiary/aromatic N) is 4. The second-order valence-electron chi connectivity index (χ2n) is 9.13. The highest BCUT2D eigenvalue weighted by Crippen LogP contribution is 2.37. The number of hydrogen-bond donors (Lipinski definition) is 0. The summed E-state index contributed by atoms with van der Waals surface area (Å²) in [6, 6.07) is 17.9. The molecule has 2 heterocycles. The third kappa shape index (κ3) is 5.67. The van der Waals surface area contributed by atoms with Gasteiger partial charge in [-0.15, -0.1) is 0 Å². The Morgan fingerprint density at radius 1 is 1.14 bits per heavy atom.